The van der Waals surface area contributed by atoms with Gasteiger partial charge in [-0.3, -0.25) is 9.69 Å². The summed E-state index contributed by atoms with van der Waals surface area (Å²) in [6.45, 7) is 3.33. The number of anilines is 1. The molecule has 1 heterocycles. The molecule has 0 aromatic heterocycles. The predicted octanol–water partition coefficient (Wildman–Crippen LogP) is 5.63. The second-order valence-corrected chi connectivity index (χ2v) is 7.34. The Balaban J connectivity index is 1.53. The molecule has 0 saturated carbocycles. The molecule has 1 saturated heterocycles. The Bertz CT molecular complexity index is 781. The van der Waals surface area contributed by atoms with E-state index in [1.165, 1.54) is 44.0 Å². The highest BCUT2D eigenvalue weighted by Gasteiger charge is 2.10. The van der Waals surface area contributed by atoms with Crippen LogP contribution in [0.2, 0.25) is 10.0 Å². The summed E-state index contributed by atoms with van der Waals surface area (Å²) in [5, 5.41) is 3.84. The van der Waals surface area contributed by atoms with E-state index in [1.54, 1.807) is 18.2 Å². The van der Waals surface area contributed by atoms with E-state index >= 15 is 0 Å². The zero-order valence-electron chi connectivity index (χ0n) is 14.6. The normalized spacial score (nSPS) is 15.3. The molecule has 3 nitrogen and oxygen atoms in total. The first-order valence-electron chi connectivity index (χ1n) is 8.85. The Kier molecular flexibility index (Phi) is 6.73. The molecule has 1 aliphatic rings. The number of amides is 1. The number of rotatable bonds is 5. The summed E-state index contributed by atoms with van der Waals surface area (Å²) in [7, 11) is 0. The lowest BCUT2D eigenvalue weighted by atomic mass is 10.1. The third-order valence-corrected chi connectivity index (χ3v) is 5.19. The maximum atomic E-state index is 12.1. The van der Waals surface area contributed by atoms with Crippen LogP contribution in [0, 0.1) is 0 Å². The van der Waals surface area contributed by atoms with Crippen LogP contribution < -0.4 is 5.32 Å². The maximum absolute atomic E-state index is 12.1. The van der Waals surface area contributed by atoms with E-state index in [4.69, 9.17) is 23.2 Å². The van der Waals surface area contributed by atoms with E-state index in [0.29, 0.717) is 10.0 Å². The van der Waals surface area contributed by atoms with E-state index in [2.05, 4.69) is 22.3 Å². The van der Waals surface area contributed by atoms with Gasteiger partial charge < -0.3 is 5.32 Å². The number of hydrogen-bond acceptors (Lipinski definition) is 2. The number of carbonyl (C=O) groups is 1. The highest BCUT2D eigenvalue weighted by atomic mass is 35.5. The second kappa shape index (κ2) is 9.22. The van der Waals surface area contributed by atoms with Crippen LogP contribution in [0.15, 0.2) is 48.5 Å². The van der Waals surface area contributed by atoms with Gasteiger partial charge >= 0.3 is 0 Å². The molecule has 0 unspecified atom stereocenters. The zero-order valence-corrected chi connectivity index (χ0v) is 16.1. The summed E-state index contributed by atoms with van der Waals surface area (Å²) in [5.41, 5.74) is 2.89. The summed E-state index contributed by atoms with van der Waals surface area (Å²) in [5.74, 6) is -0.181. The first-order chi connectivity index (χ1) is 12.6. The summed E-state index contributed by atoms with van der Waals surface area (Å²) < 4.78 is 0. The quantitative estimate of drug-likeness (QED) is 0.672. The van der Waals surface area contributed by atoms with Crippen molar-refractivity contribution in [2.75, 3.05) is 18.4 Å². The van der Waals surface area contributed by atoms with Gasteiger partial charge in [0, 0.05) is 18.3 Å². The Morgan fingerprint density at radius 2 is 1.73 bits per heavy atom. The second-order valence-electron chi connectivity index (χ2n) is 6.53. The molecule has 1 aliphatic heterocycles. The number of likely N-dealkylation sites (tertiary alicyclic amines) is 1. The number of carbonyl (C=O) groups excluding carboxylic acids is 1. The third kappa shape index (κ3) is 5.60. The van der Waals surface area contributed by atoms with E-state index < -0.39 is 0 Å². The minimum Gasteiger partial charge on any atom is -0.323 e. The van der Waals surface area contributed by atoms with E-state index in [0.717, 1.165) is 17.8 Å². The van der Waals surface area contributed by atoms with Crippen molar-refractivity contribution in [1.29, 1.82) is 0 Å². The molecule has 1 fully saturated rings. The smallest absolute Gasteiger partial charge is 0.248 e. The van der Waals surface area contributed by atoms with Gasteiger partial charge in [-0.15, -0.1) is 0 Å². The van der Waals surface area contributed by atoms with Crippen LogP contribution in [-0.2, 0) is 11.3 Å². The molecule has 2 aromatic rings. The van der Waals surface area contributed by atoms with Crippen molar-refractivity contribution in [2.24, 2.45) is 0 Å². The van der Waals surface area contributed by atoms with Gasteiger partial charge in [0.2, 0.25) is 5.91 Å². The number of benzene rings is 2. The average molecular weight is 389 g/mol. The number of nitrogens with zero attached hydrogens (tertiary/aromatic N) is 1. The van der Waals surface area contributed by atoms with Crippen LogP contribution in [0.25, 0.3) is 6.08 Å². The molecule has 0 aliphatic carbocycles. The fraction of sp³-hybridized carbons (Fsp3) is 0.286. The summed E-state index contributed by atoms with van der Waals surface area (Å²) >= 11 is 11.9. The van der Waals surface area contributed by atoms with Crippen LogP contribution in [-0.4, -0.2) is 23.9 Å². The Morgan fingerprint density at radius 3 is 2.42 bits per heavy atom. The minimum absolute atomic E-state index is 0.181. The number of piperidine rings is 1. The SMILES string of the molecule is O=C(/C=C/c1ccc(Cl)c(Cl)c1)Nc1ccc(CN2CCCCC2)cc1. The molecule has 2 aromatic carbocycles. The lowest BCUT2D eigenvalue weighted by Crippen LogP contribution is -2.29. The minimum atomic E-state index is -0.181. The highest BCUT2D eigenvalue weighted by molar-refractivity contribution is 6.42. The first kappa shape index (κ1) is 19.0. The third-order valence-electron chi connectivity index (χ3n) is 4.45. The lowest BCUT2D eigenvalue weighted by Gasteiger charge is -2.26. The van der Waals surface area contributed by atoms with Gasteiger partial charge in [0.25, 0.3) is 0 Å². The predicted molar refractivity (Wildman–Crippen MR) is 110 cm³/mol. The number of nitrogens with one attached hydrogen (secondary N) is 1. The lowest BCUT2D eigenvalue weighted by molar-refractivity contribution is -0.111. The highest BCUT2D eigenvalue weighted by Crippen LogP contribution is 2.23. The van der Waals surface area contributed by atoms with Crippen LogP contribution in [0.1, 0.15) is 30.4 Å². The van der Waals surface area contributed by atoms with Crippen molar-refractivity contribution in [2.45, 2.75) is 25.8 Å². The number of hydrogen-bond donors (Lipinski definition) is 1. The van der Waals surface area contributed by atoms with E-state index in [9.17, 15) is 4.79 Å². The fourth-order valence-electron chi connectivity index (χ4n) is 3.04. The van der Waals surface area contributed by atoms with Gasteiger partial charge in [-0.05, 0) is 67.4 Å². The molecule has 3 rings (SSSR count). The molecular formula is C21H22Cl2N2O. The van der Waals surface area contributed by atoms with E-state index in [1.807, 2.05) is 18.2 Å². The molecule has 0 atom stereocenters. The van der Waals surface area contributed by atoms with Crippen LogP contribution in [0.5, 0.6) is 0 Å². The van der Waals surface area contributed by atoms with Crippen molar-refractivity contribution >= 4 is 40.9 Å². The standard InChI is InChI=1S/C21H22Cl2N2O/c22-19-10-6-16(14-20(19)23)7-11-21(26)24-18-8-4-17(5-9-18)15-25-12-2-1-3-13-25/h4-11,14H,1-3,12-13,15H2,(H,24,26)/b11-7+. The molecule has 5 heteroatoms. The number of halogens is 2. The largest absolute Gasteiger partial charge is 0.323 e. The maximum Gasteiger partial charge on any atom is 0.248 e. The molecule has 1 N–H and O–H groups in total. The van der Waals surface area contributed by atoms with Crippen molar-refractivity contribution < 1.29 is 4.79 Å². The van der Waals surface area contributed by atoms with E-state index in [-0.39, 0.29) is 5.91 Å². The molecule has 26 heavy (non-hydrogen) atoms. The van der Waals surface area contributed by atoms with Crippen LogP contribution in [0.3, 0.4) is 0 Å². The van der Waals surface area contributed by atoms with Gasteiger partial charge in [-0.1, -0.05) is 47.8 Å². The van der Waals surface area contributed by atoms with Crippen LogP contribution in [0.4, 0.5) is 5.69 Å². The summed E-state index contributed by atoms with van der Waals surface area (Å²) in [6, 6.07) is 13.3. The Labute approximate surface area is 164 Å². The van der Waals surface area contributed by atoms with Gasteiger partial charge in [-0.25, -0.2) is 0 Å². The summed E-state index contributed by atoms with van der Waals surface area (Å²) in [4.78, 5) is 14.6. The van der Waals surface area contributed by atoms with Crippen molar-refractivity contribution in [3.8, 4) is 0 Å². The summed E-state index contributed by atoms with van der Waals surface area (Å²) in [6.07, 6.45) is 7.12. The molecular weight excluding hydrogens is 367 g/mol. The average Bonchev–Trinajstić information content (AvgIpc) is 2.65. The molecule has 0 radical (unpaired) electrons. The molecule has 136 valence electrons. The Morgan fingerprint density at radius 1 is 1.00 bits per heavy atom. The van der Waals surface area contributed by atoms with Crippen molar-refractivity contribution in [1.82, 2.24) is 4.90 Å². The van der Waals surface area contributed by atoms with Crippen molar-refractivity contribution in [3.05, 3.63) is 69.7 Å². The zero-order chi connectivity index (χ0) is 18.4. The first-order valence-corrected chi connectivity index (χ1v) is 9.61. The van der Waals surface area contributed by atoms with Gasteiger partial charge in [0.05, 0.1) is 10.0 Å². The molecule has 1 amide bonds. The fourth-order valence-corrected chi connectivity index (χ4v) is 3.35. The molecule has 0 bridgehead atoms. The molecule has 0 spiro atoms. The van der Waals surface area contributed by atoms with Crippen molar-refractivity contribution in [3.63, 3.8) is 0 Å². The Hall–Kier alpha value is -1.81. The van der Waals surface area contributed by atoms with Gasteiger partial charge in [0.15, 0.2) is 0 Å². The van der Waals surface area contributed by atoms with Gasteiger partial charge in [0.1, 0.15) is 0 Å². The van der Waals surface area contributed by atoms with Gasteiger partial charge in [-0.2, -0.15) is 0 Å². The van der Waals surface area contributed by atoms with Crippen LogP contribution >= 0.6 is 23.2 Å². The monoisotopic (exact) mass is 388 g/mol. The topological polar surface area (TPSA) is 32.3 Å².